The Bertz CT molecular complexity index is 624. The fourth-order valence-electron chi connectivity index (χ4n) is 1.65. The first kappa shape index (κ1) is 18.8. The highest BCUT2D eigenvalue weighted by molar-refractivity contribution is 7.15. The van der Waals surface area contributed by atoms with Gasteiger partial charge in [0.1, 0.15) is 11.0 Å². The van der Waals surface area contributed by atoms with Crippen LogP contribution in [0.5, 0.6) is 0 Å². The van der Waals surface area contributed by atoms with Crippen LogP contribution >= 0.6 is 35.3 Å². The van der Waals surface area contributed by atoms with Gasteiger partial charge in [0.05, 0.1) is 6.61 Å². The lowest BCUT2D eigenvalue weighted by Gasteiger charge is -2.08. The molecule has 0 saturated carbocycles. The molecule has 0 aliphatic carbocycles. The van der Waals surface area contributed by atoms with Gasteiger partial charge in [-0.3, -0.25) is 10.1 Å². The zero-order chi connectivity index (χ0) is 15.2. The summed E-state index contributed by atoms with van der Waals surface area (Å²) in [6.45, 7) is 0.153. The van der Waals surface area contributed by atoms with Crippen LogP contribution in [0.15, 0.2) is 24.3 Å². The van der Waals surface area contributed by atoms with E-state index in [9.17, 15) is 4.79 Å². The van der Waals surface area contributed by atoms with Crippen LogP contribution in [-0.2, 0) is 16.0 Å². The molecule has 120 valence electrons. The third-order valence-electron chi connectivity index (χ3n) is 2.62. The van der Waals surface area contributed by atoms with Gasteiger partial charge in [-0.15, -0.1) is 22.6 Å². The first-order chi connectivity index (χ1) is 10.1. The average molecular weight is 363 g/mol. The number of nitrogens with one attached hydrogen (secondary N) is 1. The Morgan fingerprint density at radius 2 is 2.27 bits per heavy atom. The molecular weight excluding hydrogens is 347 g/mol. The number of hydrogen-bond donors (Lipinski definition) is 2. The molecule has 1 heterocycles. The van der Waals surface area contributed by atoms with Gasteiger partial charge in [0.15, 0.2) is 0 Å². The lowest BCUT2D eigenvalue weighted by molar-refractivity contribution is -0.118. The number of halogens is 2. The van der Waals surface area contributed by atoms with E-state index in [4.69, 9.17) is 22.1 Å². The maximum Gasteiger partial charge on any atom is 0.245 e. The van der Waals surface area contributed by atoms with Crippen molar-refractivity contribution in [2.75, 3.05) is 19.0 Å². The summed E-state index contributed by atoms with van der Waals surface area (Å²) < 4.78 is 4.83. The van der Waals surface area contributed by atoms with Crippen LogP contribution in [0.2, 0.25) is 5.02 Å². The van der Waals surface area contributed by atoms with E-state index in [1.165, 1.54) is 18.4 Å². The summed E-state index contributed by atoms with van der Waals surface area (Å²) in [7, 11) is 1.49. The zero-order valence-electron chi connectivity index (χ0n) is 11.8. The normalized spacial score (nSPS) is 11.6. The number of carbonyl (C=O) groups is 1. The number of anilines is 1. The minimum absolute atomic E-state index is 0. The number of methoxy groups -OCH3 is 1. The molecule has 2 aromatic rings. The molecule has 3 N–H and O–H groups in total. The third-order valence-corrected chi connectivity index (χ3v) is 3.70. The molecule has 2 rings (SSSR count). The highest BCUT2D eigenvalue weighted by atomic mass is 35.5. The second-order valence-corrected chi connectivity index (χ2v) is 5.86. The third kappa shape index (κ3) is 5.51. The topological polar surface area (TPSA) is 90.1 Å². The monoisotopic (exact) mass is 362 g/mol. The van der Waals surface area contributed by atoms with Crippen molar-refractivity contribution in [2.45, 2.75) is 12.5 Å². The van der Waals surface area contributed by atoms with Crippen molar-refractivity contribution >= 4 is 46.4 Å². The molecule has 6 nitrogen and oxygen atoms in total. The fraction of sp³-hybridized carbons (Fsp3) is 0.308. The number of nitrogens with two attached hydrogens (primary N) is 1. The number of ether oxygens (including phenoxy) is 1. The predicted octanol–water partition coefficient (Wildman–Crippen LogP) is 2.12. The van der Waals surface area contributed by atoms with Crippen molar-refractivity contribution in [2.24, 2.45) is 5.73 Å². The summed E-state index contributed by atoms with van der Waals surface area (Å²) >= 11 is 7.24. The van der Waals surface area contributed by atoms with E-state index in [0.717, 1.165) is 10.6 Å². The van der Waals surface area contributed by atoms with Crippen molar-refractivity contribution in [3.8, 4) is 0 Å². The molecule has 0 fully saturated rings. The summed E-state index contributed by atoms with van der Waals surface area (Å²) in [5.74, 6) is -0.345. The largest absolute Gasteiger partial charge is 0.383 e. The Morgan fingerprint density at radius 1 is 1.50 bits per heavy atom. The van der Waals surface area contributed by atoms with Crippen molar-refractivity contribution < 1.29 is 9.53 Å². The molecule has 0 bridgehead atoms. The van der Waals surface area contributed by atoms with Crippen molar-refractivity contribution in [3.63, 3.8) is 0 Å². The summed E-state index contributed by atoms with van der Waals surface area (Å²) in [5.41, 5.74) is 6.66. The van der Waals surface area contributed by atoms with Gasteiger partial charge in [0.2, 0.25) is 11.0 Å². The molecule has 1 aromatic carbocycles. The lowest BCUT2D eigenvalue weighted by atomic mass is 10.2. The maximum absolute atomic E-state index is 11.7. The first-order valence-electron chi connectivity index (χ1n) is 6.20. The Morgan fingerprint density at radius 3 is 2.95 bits per heavy atom. The second-order valence-electron chi connectivity index (χ2n) is 4.36. The van der Waals surface area contributed by atoms with E-state index >= 15 is 0 Å². The summed E-state index contributed by atoms with van der Waals surface area (Å²) in [6, 6.07) is 6.80. The molecule has 22 heavy (non-hydrogen) atoms. The molecule has 1 unspecified atom stereocenters. The van der Waals surface area contributed by atoms with Gasteiger partial charge in [-0.25, -0.2) is 0 Å². The Kier molecular flexibility index (Phi) is 7.70. The van der Waals surface area contributed by atoms with Crippen LogP contribution in [-0.4, -0.2) is 35.9 Å². The highest BCUT2D eigenvalue weighted by Crippen LogP contribution is 2.20. The summed E-state index contributed by atoms with van der Waals surface area (Å²) in [4.78, 5) is 11.7. The molecule has 0 radical (unpaired) electrons. The van der Waals surface area contributed by atoms with Gasteiger partial charge >= 0.3 is 0 Å². The van der Waals surface area contributed by atoms with Gasteiger partial charge < -0.3 is 10.5 Å². The van der Waals surface area contributed by atoms with Crippen LogP contribution in [0.4, 0.5) is 5.13 Å². The number of nitrogens with zero attached hydrogens (tertiary/aromatic N) is 2. The van der Waals surface area contributed by atoms with Crippen LogP contribution in [0.1, 0.15) is 10.6 Å². The quantitative estimate of drug-likeness (QED) is 0.821. The van der Waals surface area contributed by atoms with E-state index in [1.54, 1.807) is 0 Å². The number of aromatic nitrogens is 2. The van der Waals surface area contributed by atoms with Crippen molar-refractivity contribution in [1.82, 2.24) is 10.2 Å². The molecular formula is C13H16Cl2N4O2S. The van der Waals surface area contributed by atoms with E-state index in [2.05, 4.69) is 15.5 Å². The minimum Gasteiger partial charge on any atom is -0.383 e. The van der Waals surface area contributed by atoms with Crippen molar-refractivity contribution in [3.05, 3.63) is 39.9 Å². The first-order valence-corrected chi connectivity index (χ1v) is 7.40. The molecule has 0 aliphatic heterocycles. The number of benzene rings is 1. The summed E-state index contributed by atoms with van der Waals surface area (Å²) in [6.07, 6.45) is 0.609. The van der Waals surface area contributed by atoms with Crippen LogP contribution in [0.3, 0.4) is 0 Å². The van der Waals surface area contributed by atoms with E-state index < -0.39 is 6.04 Å². The molecule has 1 aromatic heterocycles. The van der Waals surface area contributed by atoms with Crippen LogP contribution in [0, 0.1) is 0 Å². The van der Waals surface area contributed by atoms with Gasteiger partial charge in [-0.2, -0.15) is 0 Å². The number of carbonyl (C=O) groups excluding carboxylic acids is 1. The predicted molar refractivity (Wildman–Crippen MR) is 89.9 cm³/mol. The molecule has 0 saturated heterocycles. The van der Waals surface area contributed by atoms with Crippen molar-refractivity contribution in [1.29, 1.82) is 0 Å². The number of amides is 1. The molecule has 0 spiro atoms. The highest BCUT2D eigenvalue weighted by Gasteiger charge is 2.15. The maximum atomic E-state index is 11.7. The fourth-order valence-corrected chi connectivity index (χ4v) is 2.64. The average Bonchev–Trinajstić information content (AvgIpc) is 2.86. The number of rotatable bonds is 6. The van der Waals surface area contributed by atoms with E-state index in [0.29, 0.717) is 16.6 Å². The molecule has 9 heteroatoms. The van der Waals surface area contributed by atoms with Gasteiger partial charge in [-0.1, -0.05) is 35.1 Å². The van der Waals surface area contributed by atoms with Gasteiger partial charge in [0, 0.05) is 18.6 Å². The van der Waals surface area contributed by atoms with E-state index in [-0.39, 0.29) is 24.9 Å². The number of hydrogen-bond acceptors (Lipinski definition) is 6. The standard InChI is InChI=1S/C13H15ClN4O2S.ClH/c1-20-7-10(15)12(19)16-13-18-17-11(21-13)6-8-3-2-4-9(14)5-8;/h2-5,10H,6-7,15H2,1H3,(H,16,18,19);1H. The van der Waals surface area contributed by atoms with Crippen LogP contribution in [0.25, 0.3) is 0 Å². The SMILES string of the molecule is COCC(N)C(=O)Nc1nnc(Cc2cccc(Cl)c2)s1.Cl. The lowest BCUT2D eigenvalue weighted by Crippen LogP contribution is -2.39. The smallest absolute Gasteiger partial charge is 0.245 e. The molecule has 1 atom stereocenters. The Balaban J connectivity index is 0.00000242. The molecule has 1 amide bonds. The second kappa shape index (κ2) is 9.02. The zero-order valence-corrected chi connectivity index (χ0v) is 14.2. The van der Waals surface area contributed by atoms with Gasteiger partial charge in [-0.05, 0) is 17.7 Å². The van der Waals surface area contributed by atoms with E-state index in [1.807, 2.05) is 24.3 Å². The Labute approximate surface area is 143 Å². The van der Waals surface area contributed by atoms with Crippen LogP contribution < -0.4 is 11.1 Å². The summed E-state index contributed by atoms with van der Waals surface area (Å²) in [5, 5.41) is 12.5. The molecule has 0 aliphatic rings. The van der Waals surface area contributed by atoms with Gasteiger partial charge in [0.25, 0.3) is 0 Å². The minimum atomic E-state index is -0.727. The Hall–Kier alpha value is -1.25.